The van der Waals surface area contributed by atoms with E-state index in [1.165, 1.54) is 31.0 Å². The van der Waals surface area contributed by atoms with Crippen molar-refractivity contribution in [2.75, 3.05) is 19.4 Å². The van der Waals surface area contributed by atoms with Crippen LogP contribution in [0.4, 0.5) is 9.18 Å². The Morgan fingerprint density at radius 1 is 1.33 bits per heavy atom. The van der Waals surface area contributed by atoms with Crippen LogP contribution >= 0.6 is 23.4 Å². The minimum absolute atomic E-state index is 0.164. The van der Waals surface area contributed by atoms with Gasteiger partial charge in [0.25, 0.3) is 0 Å². The van der Waals surface area contributed by atoms with Crippen molar-refractivity contribution < 1.29 is 13.9 Å². The zero-order valence-electron chi connectivity index (χ0n) is 16.4. The van der Waals surface area contributed by atoms with Crippen LogP contribution in [0, 0.1) is 17.7 Å². The predicted octanol–water partition coefficient (Wildman–Crippen LogP) is 5.02. The highest BCUT2D eigenvalue weighted by molar-refractivity contribution is 7.98. The maximum atomic E-state index is 14.9. The molecule has 3 aromatic rings. The molecule has 156 valence electrons. The molecule has 2 atom stereocenters. The number of halogens is 2. The van der Waals surface area contributed by atoms with Gasteiger partial charge in [0.05, 0.1) is 18.6 Å². The van der Waals surface area contributed by atoms with Gasteiger partial charge in [0.15, 0.2) is 11.0 Å². The van der Waals surface area contributed by atoms with E-state index in [-0.39, 0.29) is 16.8 Å². The Bertz CT molecular complexity index is 1200. The summed E-state index contributed by atoms with van der Waals surface area (Å²) in [7, 11) is 0. The number of pyridine rings is 2. The summed E-state index contributed by atoms with van der Waals surface area (Å²) in [6.45, 7) is 1.47. The molecule has 9 heteroatoms. The van der Waals surface area contributed by atoms with Gasteiger partial charge in [0, 0.05) is 28.7 Å². The van der Waals surface area contributed by atoms with E-state index in [1.54, 1.807) is 11.1 Å². The molecule has 4 fully saturated rings. The van der Waals surface area contributed by atoms with Crippen molar-refractivity contribution in [3.63, 3.8) is 0 Å². The van der Waals surface area contributed by atoms with Crippen LogP contribution in [-0.4, -0.2) is 44.9 Å². The van der Waals surface area contributed by atoms with Crippen molar-refractivity contribution in [2.24, 2.45) is 11.8 Å². The van der Waals surface area contributed by atoms with E-state index in [2.05, 4.69) is 20.6 Å². The summed E-state index contributed by atoms with van der Waals surface area (Å²) in [4.78, 5) is 22.5. The van der Waals surface area contributed by atoms with Crippen molar-refractivity contribution in [3.05, 3.63) is 28.9 Å². The predicted molar refractivity (Wildman–Crippen MR) is 113 cm³/mol. The highest BCUT2D eigenvalue weighted by Gasteiger charge is 2.49. The number of amides is 1. The number of aromatic nitrogens is 3. The topological polar surface area (TPSA) is 60.2 Å². The van der Waals surface area contributed by atoms with Gasteiger partial charge in [0.2, 0.25) is 0 Å². The lowest BCUT2D eigenvalue weighted by atomic mass is 9.78. The summed E-state index contributed by atoms with van der Waals surface area (Å²) in [6, 6.07) is 2.49. The van der Waals surface area contributed by atoms with E-state index in [1.807, 2.05) is 6.26 Å². The highest BCUT2D eigenvalue weighted by Crippen LogP contribution is 2.58. The molecule has 2 unspecified atom stereocenters. The van der Waals surface area contributed by atoms with Gasteiger partial charge < -0.3 is 9.30 Å². The molecule has 0 radical (unpaired) electrons. The molecule has 3 saturated carbocycles. The van der Waals surface area contributed by atoms with E-state index in [9.17, 15) is 9.18 Å². The lowest BCUT2D eigenvalue weighted by Crippen LogP contribution is -2.33. The first-order chi connectivity index (χ1) is 14.6. The number of cyclic esters (lactones) is 1. The average molecular weight is 447 g/mol. The molecule has 7 rings (SSSR count). The Hall–Kier alpha value is -2.06. The van der Waals surface area contributed by atoms with Gasteiger partial charge in [-0.3, -0.25) is 4.90 Å². The minimum atomic E-state index is -0.583. The number of ether oxygens (including phenoxy) is 1. The average Bonchev–Trinajstić information content (AvgIpc) is 3.51. The molecule has 2 bridgehead atoms. The molecule has 6 nitrogen and oxygen atoms in total. The number of carbonyl (C=O) groups excluding carboxylic acids is 1. The second-order valence-corrected chi connectivity index (χ2v) is 9.53. The summed E-state index contributed by atoms with van der Waals surface area (Å²) in [6.07, 6.45) is 6.97. The van der Waals surface area contributed by atoms with Gasteiger partial charge in [-0.05, 0) is 43.4 Å². The first-order valence-electron chi connectivity index (χ1n) is 10.2. The zero-order chi connectivity index (χ0) is 20.6. The van der Waals surface area contributed by atoms with Crippen molar-refractivity contribution in [3.8, 4) is 0 Å². The van der Waals surface area contributed by atoms with Gasteiger partial charge in [-0.1, -0.05) is 11.6 Å². The van der Waals surface area contributed by atoms with Gasteiger partial charge >= 0.3 is 6.09 Å². The molecule has 3 aromatic heterocycles. The molecule has 1 saturated heterocycles. The van der Waals surface area contributed by atoms with Crippen LogP contribution in [0.5, 0.6) is 0 Å². The Morgan fingerprint density at radius 2 is 2.13 bits per heavy atom. The fourth-order valence-electron chi connectivity index (χ4n) is 5.58. The molecule has 0 N–H and O–H groups in total. The minimum Gasteiger partial charge on any atom is -0.448 e. The number of carbonyl (C=O) groups is 1. The first-order valence-corrected chi connectivity index (χ1v) is 11.8. The third kappa shape index (κ3) is 2.52. The van der Waals surface area contributed by atoms with Crippen LogP contribution in [0.25, 0.3) is 21.8 Å². The number of fused-ring (bicyclic) bond motifs is 4. The van der Waals surface area contributed by atoms with E-state index < -0.39 is 5.82 Å². The number of thioether (sulfide) groups is 1. The van der Waals surface area contributed by atoms with Crippen LogP contribution in [0.15, 0.2) is 17.3 Å². The van der Waals surface area contributed by atoms with Crippen molar-refractivity contribution >= 4 is 51.3 Å². The van der Waals surface area contributed by atoms with Crippen molar-refractivity contribution in [1.82, 2.24) is 19.4 Å². The maximum absolute atomic E-state index is 14.9. The van der Waals surface area contributed by atoms with Crippen molar-refractivity contribution in [1.29, 1.82) is 0 Å². The molecule has 0 aromatic carbocycles. The standard InChI is InChI=1S/C21H20ClFN4O2S/c1-30-20-13-7-12(9-26-4-5-29-21(26)28)27(17-10-2-3-11(17)6-10)18(13)14-8-24-19(22)15(23)16(14)25-20/h7-8,10-11,17H,2-6,9H2,1H3. The Morgan fingerprint density at radius 3 is 2.80 bits per heavy atom. The van der Waals surface area contributed by atoms with Crippen LogP contribution in [0.3, 0.4) is 0 Å². The van der Waals surface area contributed by atoms with Crippen LogP contribution < -0.4 is 0 Å². The van der Waals surface area contributed by atoms with E-state index in [4.69, 9.17) is 16.3 Å². The lowest BCUT2D eigenvalue weighted by molar-refractivity contribution is 0.150. The van der Waals surface area contributed by atoms with Gasteiger partial charge in [-0.2, -0.15) is 0 Å². The maximum Gasteiger partial charge on any atom is 0.410 e. The molecule has 1 amide bonds. The molecule has 4 heterocycles. The number of rotatable bonds is 4. The fourth-order valence-corrected chi connectivity index (χ4v) is 6.28. The summed E-state index contributed by atoms with van der Waals surface area (Å²) >= 11 is 7.46. The Labute approximate surface area is 181 Å². The number of hydrogen-bond donors (Lipinski definition) is 0. The van der Waals surface area contributed by atoms with Gasteiger partial charge in [-0.15, -0.1) is 11.8 Å². The molecular formula is C21H20ClFN4O2S. The van der Waals surface area contributed by atoms with E-state index in [0.29, 0.717) is 43.0 Å². The number of hydrogen-bond acceptors (Lipinski definition) is 5. The van der Waals surface area contributed by atoms with E-state index in [0.717, 1.165) is 21.6 Å². The third-order valence-electron chi connectivity index (χ3n) is 6.94. The molecule has 3 aliphatic carbocycles. The van der Waals surface area contributed by atoms with Gasteiger partial charge in [-0.25, -0.2) is 19.2 Å². The zero-order valence-corrected chi connectivity index (χ0v) is 18.0. The normalized spacial score (nSPS) is 25.4. The van der Waals surface area contributed by atoms with Crippen LogP contribution in [-0.2, 0) is 11.3 Å². The highest BCUT2D eigenvalue weighted by atomic mass is 35.5. The lowest BCUT2D eigenvalue weighted by Gasteiger charge is -2.39. The summed E-state index contributed by atoms with van der Waals surface area (Å²) in [5, 5.41) is 2.25. The molecule has 30 heavy (non-hydrogen) atoms. The quantitative estimate of drug-likeness (QED) is 0.416. The Kier molecular flexibility index (Phi) is 4.19. The van der Waals surface area contributed by atoms with Crippen molar-refractivity contribution in [2.45, 2.75) is 36.9 Å². The Balaban J connectivity index is 1.64. The van der Waals surface area contributed by atoms with Gasteiger partial charge in [0.1, 0.15) is 17.1 Å². The molecule has 4 aliphatic rings. The molecule has 0 spiro atoms. The second-order valence-electron chi connectivity index (χ2n) is 8.37. The summed E-state index contributed by atoms with van der Waals surface area (Å²) in [5.41, 5.74) is 2.26. The summed E-state index contributed by atoms with van der Waals surface area (Å²) in [5.74, 6) is 0.669. The molecular weight excluding hydrogens is 427 g/mol. The second kappa shape index (κ2) is 6.72. The molecule has 1 aliphatic heterocycles. The third-order valence-corrected chi connectivity index (χ3v) is 7.90. The SMILES string of the molecule is CSc1nc2c(F)c(Cl)ncc2c2c1cc(CN1CCOC1=O)n2C1C2CCC1C2. The largest absolute Gasteiger partial charge is 0.448 e. The summed E-state index contributed by atoms with van der Waals surface area (Å²) < 4.78 is 22.4. The van der Waals surface area contributed by atoms with Crippen LogP contribution in [0.1, 0.15) is 31.0 Å². The first kappa shape index (κ1) is 18.7. The smallest absolute Gasteiger partial charge is 0.410 e. The monoisotopic (exact) mass is 446 g/mol. The fraction of sp³-hybridized carbons (Fsp3) is 0.476. The van der Waals surface area contributed by atoms with Crippen LogP contribution in [0.2, 0.25) is 5.15 Å². The van der Waals surface area contributed by atoms with E-state index >= 15 is 0 Å². The number of nitrogens with zero attached hydrogens (tertiary/aromatic N) is 4.